The summed E-state index contributed by atoms with van der Waals surface area (Å²) in [5.41, 5.74) is 0.700. The number of carbonyl (C=O) groups is 1. The maximum atomic E-state index is 13.1. The molecular weight excluding hydrogens is 253 g/mol. The van der Waals surface area contributed by atoms with Gasteiger partial charge in [-0.15, -0.1) is 11.3 Å². The van der Waals surface area contributed by atoms with Crippen molar-refractivity contribution in [1.29, 1.82) is 0 Å². The highest BCUT2D eigenvalue weighted by Crippen LogP contribution is 2.29. The molecule has 2 rings (SSSR count). The van der Waals surface area contributed by atoms with Gasteiger partial charge in [0.1, 0.15) is 10.8 Å². The van der Waals surface area contributed by atoms with Gasteiger partial charge < -0.3 is 5.11 Å². The maximum Gasteiger partial charge on any atom is 0.355 e. The fraction of sp³-hybridized carbons (Fsp3) is 0.231. The van der Waals surface area contributed by atoms with Crippen LogP contribution in [-0.2, 0) is 6.42 Å². The molecule has 1 heterocycles. The summed E-state index contributed by atoms with van der Waals surface area (Å²) >= 11 is 1.32. The number of nitrogens with zero attached hydrogens (tertiary/aromatic N) is 1. The molecule has 18 heavy (non-hydrogen) atoms. The molecule has 0 aliphatic rings. The van der Waals surface area contributed by atoms with Crippen LogP contribution >= 0.6 is 11.3 Å². The summed E-state index contributed by atoms with van der Waals surface area (Å²) in [6, 6.07) is 6.03. The molecule has 0 fully saturated rings. The number of thiazole rings is 1. The van der Waals surface area contributed by atoms with Crippen molar-refractivity contribution in [2.24, 2.45) is 0 Å². The molecule has 5 heteroatoms. The number of carboxylic acids is 1. The third-order valence-corrected chi connectivity index (χ3v) is 3.61. The minimum absolute atomic E-state index is 0.0844. The van der Waals surface area contributed by atoms with Crippen molar-refractivity contribution in [1.82, 2.24) is 4.98 Å². The van der Waals surface area contributed by atoms with E-state index in [0.717, 1.165) is 11.3 Å². The molecule has 0 radical (unpaired) electrons. The topological polar surface area (TPSA) is 50.2 Å². The van der Waals surface area contributed by atoms with Gasteiger partial charge in [0.25, 0.3) is 0 Å². The molecule has 0 bridgehead atoms. The number of rotatable bonds is 4. The molecule has 94 valence electrons. The monoisotopic (exact) mass is 265 g/mol. The van der Waals surface area contributed by atoms with Gasteiger partial charge >= 0.3 is 5.97 Å². The van der Waals surface area contributed by atoms with E-state index in [0.29, 0.717) is 17.0 Å². The molecule has 0 spiro atoms. The van der Waals surface area contributed by atoms with E-state index in [1.807, 2.05) is 6.92 Å². The summed E-state index contributed by atoms with van der Waals surface area (Å²) in [5, 5.41) is 9.63. The first kappa shape index (κ1) is 12.7. The molecule has 2 aromatic rings. The molecule has 3 nitrogen and oxygen atoms in total. The summed E-state index contributed by atoms with van der Waals surface area (Å²) in [7, 11) is 0. The van der Waals surface area contributed by atoms with E-state index in [4.69, 9.17) is 5.11 Å². The Morgan fingerprint density at radius 2 is 2.28 bits per heavy atom. The third kappa shape index (κ3) is 2.56. The van der Waals surface area contributed by atoms with Crippen LogP contribution in [0.1, 0.15) is 28.7 Å². The first-order chi connectivity index (χ1) is 8.61. The number of aromatic nitrogens is 1. The van der Waals surface area contributed by atoms with E-state index in [2.05, 4.69) is 4.98 Å². The normalized spacial score (nSPS) is 10.6. The van der Waals surface area contributed by atoms with E-state index in [1.54, 1.807) is 12.1 Å². The average Bonchev–Trinajstić information content (AvgIpc) is 2.74. The lowest BCUT2D eigenvalue weighted by Crippen LogP contribution is -2.00. The Hall–Kier alpha value is -1.75. The standard InChI is InChI=1S/C13H12FNO2S/c1-2-4-10-11(13(16)17)15-12(18-10)8-5-3-6-9(14)7-8/h3,5-7H,2,4H2,1H3,(H,16,17). The number of hydrogen-bond acceptors (Lipinski definition) is 3. The molecule has 1 N–H and O–H groups in total. The fourth-order valence-electron chi connectivity index (χ4n) is 1.66. The van der Waals surface area contributed by atoms with E-state index in [-0.39, 0.29) is 11.5 Å². The van der Waals surface area contributed by atoms with Crippen LogP contribution in [0, 0.1) is 5.82 Å². The third-order valence-electron chi connectivity index (χ3n) is 2.45. The van der Waals surface area contributed by atoms with Gasteiger partial charge in [-0.1, -0.05) is 25.5 Å². The number of hydrogen-bond donors (Lipinski definition) is 1. The minimum Gasteiger partial charge on any atom is -0.476 e. The van der Waals surface area contributed by atoms with Crippen molar-refractivity contribution in [3.8, 4) is 10.6 Å². The zero-order valence-electron chi connectivity index (χ0n) is 9.81. The highest BCUT2D eigenvalue weighted by Gasteiger charge is 2.17. The van der Waals surface area contributed by atoms with Gasteiger partial charge in [0.05, 0.1) is 0 Å². The summed E-state index contributed by atoms with van der Waals surface area (Å²) in [4.78, 5) is 15.9. The Labute approximate surface area is 108 Å². The number of carboxylic acid groups (broad SMARTS) is 1. The van der Waals surface area contributed by atoms with Crippen LogP contribution in [0.4, 0.5) is 4.39 Å². The lowest BCUT2D eigenvalue weighted by molar-refractivity contribution is 0.0690. The van der Waals surface area contributed by atoms with Crippen LogP contribution in [-0.4, -0.2) is 16.1 Å². The lowest BCUT2D eigenvalue weighted by Gasteiger charge is -1.94. The van der Waals surface area contributed by atoms with Crippen LogP contribution in [0.3, 0.4) is 0 Å². The zero-order chi connectivity index (χ0) is 13.1. The van der Waals surface area contributed by atoms with Gasteiger partial charge in [0.2, 0.25) is 0 Å². The average molecular weight is 265 g/mol. The van der Waals surface area contributed by atoms with Crippen molar-refractivity contribution in [3.05, 3.63) is 40.7 Å². The first-order valence-corrected chi connectivity index (χ1v) is 6.42. The van der Waals surface area contributed by atoms with E-state index in [9.17, 15) is 9.18 Å². The van der Waals surface area contributed by atoms with Gasteiger partial charge in [-0.3, -0.25) is 0 Å². The zero-order valence-corrected chi connectivity index (χ0v) is 10.6. The Balaban J connectivity index is 2.46. The molecule has 1 aromatic carbocycles. The van der Waals surface area contributed by atoms with Gasteiger partial charge in [-0.25, -0.2) is 14.2 Å². The first-order valence-electron chi connectivity index (χ1n) is 5.60. The molecule has 0 saturated heterocycles. The molecule has 0 saturated carbocycles. The predicted octanol–water partition coefficient (Wildman–Crippen LogP) is 3.60. The van der Waals surface area contributed by atoms with Crippen molar-refractivity contribution in [3.63, 3.8) is 0 Å². The van der Waals surface area contributed by atoms with E-state index in [1.165, 1.54) is 23.5 Å². The summed E-state index contributed by atoms with van der Waals surface area (Å²) in [6.07, 6.45) is 1.53. The largest absolute Gasteiger partial charge is 0.476 e. The Morgan fingerprint density at radius 3 is 2.89 bits per heavy atom. The predicted molar refractivity (Wildman–Crippen MR) is 68.5 cm³/mol. The summed E-state index contributed by atoms with van der Waals surface area (Å²) in [6.45, 7) is 1.98. The number of halogens is 1. The molecule has 0 aliphatic heterocycles. The summed E-state index contributed by atoms with van der Waals surface area (Å²) < 4.78 is 13.1. The number of benzene rings is 1. The van der Waals surface area contributed by atoms with Gasteiger partial charge in [-0.05, 0) is 18.6 Å². The van der Waals surface area contributed by atoms with Crippen LogP contribution < -0.4 is 0 Å². The molecule has 0 atom stereocenters. The SMILES string of the molecule is CCCc1sc(-c2cccc(F)c2)nc1C(=O)O. The van der Waals surface area contributed by atoms with Crippen molar-refractivity contribution in [2.45, 2.75) is 19.8 Å². The Morgan fingerprint density at radius 1 is 1.50 bits per heavy atom. The molecule has 0 amide bonds. The van der Waals surface area contributed by atoms with Gasteiger partial charge in [0, 0.05) is 10.4 Å². The summed E-state index contributed by atoms with van der Waals surface area (Å²) in [5.74, 6) is -1.38. The highest BCUT2D eigenvalue weighted by atomic mass is 32.1. The van der Waals surface area contributed by atoms with E-state index < -0.39 is 5.97 Å². The van der Waals surface area contributed by atoms with Crippen molar-refractivity contribution >= 4 is 17.3 Å². The van der Waals surface area contributed by atoms with Gasteiger partial charge in [0.15, 0.2) is 5.69 Å². The Bertz CT molecular complexity index is 580. The second-order valence-electron chi connectivity index (χ2n) is 3.86. The van der Waals surface area contributed by atoms with Gasteiger partial charge in [-0.2, -0.15) is 0 Å². The minimum atomic E-state index is -1.03. The van der Waals surface area contributed by atoms with Crippen LogP contribution in [0.15, 0.2) is 24.3 Å². The highest BCUT2D eigenvalue weighted by molar-refractivity contribution is 7.15. The van der Waals surface area contributed by atoms with Crippen molar-refractivity contribution in [2.75, 3.05) is 0 Å². The second-order valence-corrected chi connectivity index (χ2v) is 4.94. The maximum absolute atomic E-state index is 13.1. The lowest BCUT2D eigenvalue weighted by atomic mass is 10.2. The molecule has 1 aromatic heterocycles. The van der Waals surface area contributed by atoms with Crippen LogP contribution in [0.5, 0.6) is 0 Å². The molecule has 0 unspecified atom stereocenters. The van der Waals surface area contributed by atoms with E-state index >= 15 is 0 Å². The molecule has 0 aliphatic carbocycles. The quantitative estimate of drug-likeness (QED) is 0.918. The number of aromatic carboxylic acids is 1. The second kappa shape index (κ2) is 5.27. The molecular formula is C13H12FNO2S. The van der Waals surface area contributed by atoms with Crippen LogP contribution in [0.2, 0.25) is 0 Å². The Kier molecular flexibility index (Phi) is 3.72. The fourth-order valence-corrected chi connectivity index (χ4v) is 2.81. The smallest absolute Gasteiger partial charge is 0.355 e. The number of aryl methyl sites for hydroxylation is 1. The van der Waals surface area contributed by atoms with Crippen LogP contribution in [0.25, 0.3) is 10.6 Å². The van der Waals surface area contributed by atoms with Crippen molar-refractivity contribution < 1.29 is 14.3 Å².